The summed E-state index contributed by atoms with van der Waals surface area (Å²) in [5.74, 6) is -0.470. The molecule has 29 heavy (non-hydrogen) atoms. The van der Waals surface area contributed by atoms with Crippen molar-refractivity contribution >= 4 is 0 Å². The molecule has 3 aromatic rings. The fourth-order valence-corrected chi connectivity index (χ4v) is 4.43. The minimum atomic E-state index is -0.304. The van der Waals surface area contributed by atoms with Gasteiger partial charge >= 0.3 is 0 Å². The van der Waals surface area contributed by atoms with Gasteiger partial charge in [-0.25, -0.2) is 8.78 Å². The third-order valence-electron chi connectivity index (χ3n) is 6.07. The first-order valence-corrected chi connectivity index (χ1v) is 10.9. The molecule has 0 aliphatic heterocycles. The van der Waals surface area contributed by atoms with E-state index in [-0.39, 0.29) is 11.6 Å². The van der Waals surface area contributed by atoms with Crippen LogP contribution in [0.4, 0.5) is 8.78 Å². The molecule has 0 N–H and O–H groups in total. The number of hydrogen-bond donors (Lipinski definition) is 0. The lowest BCUT2D eigenvalue weighted by Gasteiger charge is -2.22. The van der Waals surface area contributed by atoms with Crippen LogP contribution in [0.5, 0.6) is 0 Å². The highest BCUT2D eigenvalue weighted by Gasteiger charge is 2.21. The molecule has 0 saturated carbocycles. The molecule has 2 heteroatoms. The maximum absolute atomic E-state index is 15.3. The Balaban J connectivity index is 1.57. The number of hydrogen-bond acceptors (Lipinski definition) is 0. The molecule has 150 valence electrons. The second-order valence-corrected chi connectivity index (χ2v) is 8.12. The Bertz CT molecular complexity index is 986. The number of fused-ring (bicyclic) bond motifs is 3. The number of benzene rings is 3. The van der Waals surface area contributed by atoms with Crippen LogP contribution >= 0.6 is 0 Å². The Morgan fingerprint density at radius 1 is 0.724 bits per heavy atom. The summed E-state index contributed by atoms with van der Waals surface area (Å²) in [5, 5.41) is 0. The predicted octanol–water partition coefficient (Wildman–Crippen LogP) is 7.91. The van der Waals surface area contributed by atoms with Crippen molar-refractivity contribution in [1.82, 2.24) is 0 Å². The highest BCUT2D eigenvalue weighted by molar-refractivity contribution is 5.78. The van der Waals surface area contributed by atoms with E-state index in [0.29, 0.717) is 12.0 Å². The van der Waals surface area contributed by atoms with Crippen LogP contribution in [0.2, 0.25) is 0 Å². The van der Waals surface area contributed by atoms with E-state index >= 15 is 4.39 Å². The lowest BCUT2D eigenvalue weighted by atomic mass is 9.82. The molecular formula is C27H28F2. The fraction of sp³-hybridized carbons (Fsp3) is 0.333. The van der Waals surface area contributed by atoms with Crippen molar-refractivity contribution < 1.29 is 8.78 Å². The van der Waals surface area contributed by atoms with Gasteiger partial charge in [0.1, 0.15) is 11.6 Å². The summed E-state index contributed by atoms with van der Waals surface area (Å²) < 4.78 is 28.5. The van der Waals surface area contributed by atoms with Crippen LogP contribution in [0.15, 0.2) is 54.6 Å². The Morgan fingerprint density at radius 3 is 2.24 bits per heavy atom. The maximum atomic E-state index is 15.3. The van der Waals surface area contributed by atoms with Crippen LogP contribution < -0.4 is 0 Å². The summed E-state index contributed by atoms with van der Waals surface area (Å²) in [4.78, 5) is 0. The van der Waals surface area contributed by atoms with Gasteiger partial charge in [0, 0.05) is 5.56 Å². The quantitative estimate of drug-likeness (QED) is 0.360. The topological polar surface area (TPSA) is 0 Å². The van der Waals surface area contributed by atoms with Crippen molar-refractivity contribution in [2.45, 2.75) is 58.3 Å². The van der Waals surface area contributed by atoms with Crippen LogP contribution in [0, 0.1) is 11.6 Å². The van der Waals surface area contributed by atoms with Gasteiger partial charge in [0.2, 0.25) is 0 Å². The van der Waals surface area contributed by atoms with Crippen LogP contribution in [0.25, 0.3) is 22.3 Å². The molecule has 0 atom stereocenters. The Morgan fingerprint density at radius 2 is 1.45 bits per heavy atom. The number of rotatable bonds is 7. The molecule has 1 aliphatic carbocycles. The first kappa shape index (κ1) is 19.8. The van der Waals surface area contributed by atoms with E-state index in [1.807, 2.05) is 12.1 Å². The molecule has 4 rings (SSSR count). The molecule has 0 radical (unpaired) electrons. The van der Waals surface area contributed by atoms with E-state index in [1.54, 1.807) is 12.1 Å². The van der Waals surface area contributed by atoms with E-state index < -0.39 is 0 Å². The van der Waals surface area contributed by atoms with Gasteiger partial charge in [0.15, 0.2) is 0 Å². The molecule has 0 bridgehead atoms. The number of aryl methyl sites for hydroxylation is 2. The number of unbranched alkanes of at least 4 members (excludes halogenated alkanes) is 4. The molecule has 0 amide bonds. The van der Waals surface area contributed by atoms with Gasteiger partial charge in [-0.3, -0.25) is 0 Å². The smallest absolute Gasteiger partial charge is 0.134 e. The lowest BCUT2D eigenvalue weighted by Crippen LogP contribution is -2.08. The van der Waals surface area contributed by atoms with Crippen molar-refractivity contribution in [3.63, 3.8) is 0 Å². The summed E-state index contributed by atoms with van der Waals surface area (Å²) in [5.41, 5.74) is 6.94. The largest absolute Gasteiger partial charge is 0.207 e. The molecular weight excluding hydrogens is 362 g/mol. The Hall–Kier alpha value is -2.48. The molecule has 0 unspecified atom stereocenters. The molecule has 1 aliphatic rings. The van der Waals surface area contributed by atoms with Crippen molar-refractivity contribution in [2.75, 3.05) is 0 Å². The first-order chi connectivity index (χ1) is 14.2. The second kappa shape index (κ2) is 8.90. The zero-order valence-corrected chi connectivity index (χ0v) is 17.1. The normalized spacial score (nSPS) is 12.5. The van der Waals surface area contributed by atoms with Gasteiger partial charge in [0.25, 0.3) is 0 Å². The number of halogens is 2. The minimum absolute atomic E-state index is 0.167. The molecule has 3 aromatic carbocycles. The van der Waals surface area contributed by atoms with E-state index in [9.17, 15) is 4.39 Å². The van der Waals surface area contributed by atoms with E-state index in [4.69, 9.17) is 0 Å². The average Bonchev–Trinajstić information content (AvgIpc) is 2.74. The highest BCUT2D eigenvalue weighted by Crippen LogP contribution is 2.38. The monoisotopic (exact) mass is 390 g/mol. The molecule has 0 saturated heterocycles. The molecule has 0 aromatic heterocycles. The van der Waals surface area contributed by atoms with Crippen LogP contribution in [-0.2, 0) is 19.3 Å². The summed E-state index contributed by atoms with van der Waals surface area (Å²) in [6, 6.07) is 16.6. The summed E-state index contributed by atoms with van der Waals surface area (Å²) in [7, 11) is 0. The fourth-order valence-electron chi connectivity index (χ4n) is 4.43. The van der Waals surface area contributed by atoms with E-state index in [0.717, 1.165) is 35.1 Å². The summed E-state index contributed by atoms with van der Waals surface area (Å²) in [6.07, 6.45) is 9.17. The third kappa shape index (κ3) is 4.27. The van der Waals surface area contributed by atoms with E-state index in [2.05, 4.69) is 25.1 Å². The molecule has 0 nitrogen and oxygen atoms in total. The van der Waals surface area contributed by atoms with Gasteiger partial charge in [-0.2, -0.15) is 0 Å². The average molecular weight is 391 g/mol. The van der Waals surface area contributed by atoms with Crippen LogP contribution in [-0.4, -0.2) is 0 Å². The summed E-state index contributed by atoms with van der Waals surface area (Å²) >= 11 is 0. The third-order valence-corrected chi connectivity index (χ3v) is 6.07. The van der Waals surface area contributed by atoms with Crippen molar-refractivity contribution in [1.29, 1.82) is 0 Å². The molecule has 0 heterocycles. The van der Waals surface area contributed by atoms with Crippen molar-refractivity contribution in [3.8, 4) is 22.3 Å². The van der Waals surface area contributed by atoms with Gasteiger partial charge in [-0.1, -0.05) is 75.1 Å². The van der Waals surface area contributed by atoms with Crippen molar-refractivity contribution in [2.24, 2.45) is 0 Å². The Labute approximate surface area is 172 Å². The van der Waals surface area contributed by atoms with Gasteiger partial charge < -0.3 is 0 Å². The zero-order chi connectivity index (χ0) is 20.2. The van der Waals surface area contributed by atoms with E-state index in [1.165, 1.54) is 55.4 Å². The minimum Gasteiger partial charge on any atom is -0.207 e. The molecule has 0 fully saturated rings. The second-order valence-electron chi connectivity index (χ2n) is 8.12. The van der Waals surface area contributed by atoms with Gasteiger partial charge in [-0.15, -0.1) is 0 Å². The highest BCUT2D eigenvalue weighted by atomic mass is 19.1. The maximum Gasteiger partial charge on any atom is 0.134 e. The summed E-state index contributed by atoms with van der Waals surface area (Å²) in [6.45, 7) is 2.24. The zero-order valence-electron chi connectivity index (χ0n) is 17.1. The van der Waals surface area contributed by atoms with Gasteiger partial charge in [-0.05, 0) is 71.2 Å². The van der Waals surface area contributed by atoms with Crippen LogP contribution in [0.3, 0.4) is 0 Å². The Kier molecular flexibility index (Phi) is 6.08. The molecule has 0 spiro atoms. The SMILES string of the molecule is CCCCCCCc1ccc2c(c1)CCc1c-2ccc(-c2ccc(F)cc2)c1F. The standard InChI is InChI=1S/C27H28F2/c1-2-3-4-5-6-7-19-8-14-23-21(18-19)11-15-26-25(23)17-16-24(27(26)29)20-9-12-22(28)13-10-20/h8-10,12-14,16-18H,2-7,11,15H2,1H3. The van der Waals surface area contributed by atoms with Gasteiger partial charge in [0.05, 0.1) is 0 Å². The van der Waals surface area contributed by atoms with Crippen molar-refractivity contribution in [3.05, 3.63) is 82.9 Å². The first-order valence-electron chi connectivity index (χ1n) is 10.9. The van der Waals surface area contributed by atoms with Crippen LogP contribution in [0.1, 0.15) is 55.7 Å². The predicted molar refractivity (Wildman–Crippen MR) is 117 cm³/mol. The lowest BCUT2D eigenvalue weighted by molar-refractivity contribution is 0.610.